The van der Waals surface area contributed by atoms with E-state index in [9.17, 15) is 5.11 Å². The van der Waals surface area contributed by atoms with Crippen molar-refractivity contribution in [3.8, 4) is 0 Å². The standard InChI is InChI=1S/C11H17ClN2O/c1-2-5-14-11(10(12)7-13-14)8-3-4-9(15)6-8/h7-9,15H,2-6H2,1H3. The Balaban J connectivity index is 2.21. The van der Waals surface area contributed by atoms with Gasteiger partial charge in [-0.3, -0.25) is 4.68 Å². The Hall–Kier alpha value is -0.540. The number of hydrogen-bond acceptors (Lipinski definition) is 2. The zero-order chi connectivity index (χ0) is 10.8. The Bertz CT molecular complexity index is 337. The maximum absolute atomic E-state index is 9.54. The molecule has 84 valence electrons. The lowest BCUT2D eigenvalue weighted by Crippen LogP contribution is -2.09. The lowest BCUT2D eigenvalue weighted by atomic mass is 10.0. The van der Waals surface area contributed by atoms with Crippen LogP contribution in [0.15, 0.2) is 6.20 Å². The highest BCUT2D eigenvalue weighted by Gasteiger charge is 2.28. The normalized spacial score (nSPS) is 26.1. The molecule has 2 unspecified atom stereocenters. The summed E-state index contributed by atoms with van der Waals surface area (Å²) >= 11 is 6.14. The molecule has 1 fully saturated rings. The van der Waals surface area contributed by atoms with E-state index in [0.29, 0.717) is 5.92 Å². The molecule has 1 saturated carbocycles. The zero-order valence-corrected chi connectivity index (χ0v) is 9.74. The van der Waals surface area contributed by atoms with Gasteiger partial charge in [-0.1, -0.05) is 18.5 Å². The van der Waals surface area contributed by atoms with Crippen molar-refractivity contribution in [3.05, 3.63) is 16.9 Å². The first-order chi connectivity index (χ1) is 7.22. The van der Waals surface area contributed by atoms with Crippen LogP contribution in [0.5, 0.6) is 0 Å². The van der Waals surface area contributed by atoms with Crippen molar-refractivity contribution in [3.63, 3.8) is 0 Å². The summed E-state index contributed by atoms with van der Waals surface area (Å²) in [4.78, 5) is 0. The van der Waals surface area contributed by atoms with E-state index in [1.54, 1.807) is 6.20 Å². The quantitative estimate of drug-likeness (QED) is 0.864. The summed E-state index contributed by atoms with van der Waals surface area (Å²) in [5.74, 6) is 0.390. The Labute approximate surface area is 95.0 Å². The zero-order valence-electron chi connectivity index (χ0n) is 8.99. The second-order valence-electron chi connectivity index (χ2n) is 4.26. The maximum Gasteiger partial charge on any atom is 0.0820 e. The lowest BCUT2D eigenvalue weighted by Gasteiger charge is -2.13. The molecule has 2 rings (SSSR count). The molecule has 1 aliphatic rings. The van der Waals surface area contributed by atoms with Gasteiger partial charge in [-0.2, -0.15) is 5.10 Å². The van der Waals surface area contributed by atoms with Crippen LogP contribution in [-0.4, -0.2) is 21.0 Å². The largest absolute Gasteiger partial charge is 0.393 e. The highest BCUT2D eigenvalue weighted by Crippen LogP contribution is 2.37. The number of rotatable bonds is 3. The van der Waals surface area contributed by atoms with E-state index in [2.05, 4.69) is 12.0 Å². The summed E-state index contributed by atoms with van der Waals surface area (Å²) in [6.07, 6.45) is 5.36. The second-order valence-corrected chi connectivity index (χ2v) is 4.67. The summed E-state index contributed by atoms with van der Waals surface area (Å²) < 4.78 is 1.99. The molecular weight excluding hydrogens is 212 g/mol. The first kappa shape index (κ1) is 11.0. The number of aliphatic hydroxyl groups excluding tert-OH is 1. The van der Waals surface area contributed by atoms with Crippen molar-refractivity contribution >= 4 is 11.6 Å². The van der Waals surface area contributed by atoms with E-state index >= 15 is 0 Å². The summed E-state index contributed by atoms with van der Waals surface area (Å²) in [7, 11) is 0. The molecular formula is C11H17ClN2O. The van der Waals surface area contributed by atoms with Gasteiger partial charge in [0.1, 0.15) is 0 Å². The van der Waals surface area contributed by atoms with E-state index < -0.39 is 0 Å². The molecule has 1 heterocycles. The van der Waals surface area contributed by atoms with Crippen LogP contribution >= 0.6 is 11.6 Å². The van der Waals surface area contributed by atoms with Crippen LogP contribution in [0, 0.1) is 0 Å². The number of halogens is 1. The molecule has 0 radical (unpaired) electrons. The van der Waals surface area contributed by atoms with Crippen molar-refractivity contribution in [1.82, 2.24) is 9.78 Å². The predicted octanol–water partition coefficient (Wildman–Crippen LogP) is 2.57. The van der Waals surface area contributed by atoms with Crippen molar-refractivity contribution < 1.29 is 5.11 Å². The Kier molecular flexibility index (Phi) is 3.32. The summed E-state index contributed by atoms with van der Waals surface area (Å²) in [6.45, 7) is 3.04. The maximum atomic E-state index is 9.54. The smallest absolute Gasteiger partial charge is 0.0820 e. The van der Waals surface area contributed by atoms with Gasteiger partial charge in [0, 0.05) is 12.5 Å². The molecule has 1 N–H and O–H groups in total. The molecule has 0 aliphatic heterocycles. The van der Waals surface area contributed by atoms with E-state index in [1.807, 2.05) is 4.68 Å². The minimum atomic E-state index is -0.156. The molecule has 1 aromatic heterocycles. The van der Waals surface area contributed by atoms with Crippen molar-refractivity contribution in [1.29, 1.82) is 0 Å². The molecule has 0 amide bonds. The van der Waals surface area contributed by atoms with Crippen molar-refractivity contribution in [2.24, 2.45) is 0 Å². The number of hydrogen-bond donors (Lipinski definition) is 1. The van der Waals surface area contributed by atoms with Crippen LogP contribution in [0.1, 0.15) is 44.2 Å². The van der Waals surface area contributed by atoms with Crippen LogP contribution in [0.3, 0.4) is 0 Å². The Morgan fingerprint density at radius 3 is 3.00 bits per heavy atom. The van der Waals surface area contributed by atoms with Crippen LogP contribution in [0.2, 0.25) is 5.02 Å². The van der Waals surface area contributed by atoms with Crippen LogP contribution < -0.4 is 0 Å². The fraction of sp³-hybridized carbons (Fsp3) is 0.727. The number of nitrogens with zero attached hydrogens (tertiary/aromatic N) is 2. The van der Waals surface area contributed by atoms with Gasteiger partial charge in [0.05, 0.1) is 23.0 Å². The van der Waals surface area contributed by atoms with Gasteiger partial charge in [0.25, 0.3) is 0 Å². The van der Waals surface area contributed by atoms with Gasteiger partial charge in [-0.05, 0) is 25.7 Å². The lowest BCUT2D eigenvalue weighted by molar-refractivity contribution is 0.181. The topological polar surface area (TPSA) is 38.0 Å². The van der Waals surface area contributed by atoms with Gasteiger partial charge in [-0.25, -0.2) is 0 Å². The molecule has 1 aromatic rings. The average molecular weight is 229 g/mol. The first-order valence-electron chi connectivity index (χ1n) is 5.61. The van der Waals surface area contributed by atoms with Crippen LogP contribution in [-0.2, 0) is 6.54 Å². The molecule has 1 aliphatic carbocycles. The van der Waals surface area contributed by atoms with Crippen molar-refractivity contribution in [2.45, 2.75) is 51.2 Å². The summed E-state index contributed by atoms with van der Waals surface area (Å²) in [5, 5.41) is 14.6. The molecule has 0 saturated heterocycles. The third-order valence-corrected chi connectivity index (χ3v) is 3.35. The van der Waals surface area contributed by atoms with Crippen molar-refractivity contribution in [2.75, 3.05) is 0 Å². The second kappa shape index (κ2) is 4.54. The fourth-order valence-corrected chi connectivity index (χ4v) is 2.67. The highest BCUT2D eigenvalue weighted by atomic mass is 35.5. The first-order valence-corrected chi connectivity index (χ1v) is 5.99. The van der Waals surface area contributed by atoms with Gasteiger partial charge in [0.2, 0.25) is 0 Å². The molecule has 3 nitrogen and oxygen atoms in total. The fourth-order valence-electron chi connectivity index (χ4n) is 2.37. The third-order valence-electron chi connectivity index (χ3n) is 3.06. The number of aromatic nitrogens is 2. The van der Waals surface area contributed by atoms with E-state index in [1.165, 1.54) is 0 Å². The Morgan fingerprint density at radius 2 is 2.40 bits per heavy atom. The van der Waals surface area contributed by atoms with E-state index in [-0.39, 0.29) is 6.10 Å². The SMILES string of the molecule is CCCn1ncc(Cl)c1C1CCC(O)C1. The third kappa shape index (κ3) is 2.18. The Morgan fingerprint density at radius 1 is 1.60 bits per heavy atom. The van der Waals surface area contributed by atoms with Gasteiger partial charge in [-0.15, -0.1) is 0 Å². The molecule has 15 heavy (non-hydrogen) atoms. The van der Waals surface area contributed by atoms with E-state index in [4.69, 9.17) is 11.6 Å². The van der Waals surface area contributed by atoms with Gasteiger partial charge >= 0.3 is 0 Å². The minimum absolute atomic E-state index is 0.156. The number of aryl methyl sites for hydroxylation is 1. The molecule has 0 aromatic carbocycles. The predicted molar refractivity (Wildman–Crippen MR) is 60.1 cm³/mol. The average Bonchev–Trinajstić information content (AvgIpc) is 2.74. The monoisotopic (exact) mass is 228 g/mol. The molecule has 0 bridgehead atoms. The minimum Gasteiger partial charge on any atom is -0.393 e. The number of aliphatic hydroxyl groups is 1. The van der Waals surface area contributed by atoms with E-state index in [0.717, 1.165) is 42.9 Å². The molecule has 4 heteroatoms. The van der Waals surface area contributed by atoms with Gasteiger partial charge in [0.15, 0.2) is 0 Å². The van der Waals surface area contributed by atoms with Crippen LogP contribution in [0.4, 0.5) is 0 Å². The highest BCUT2D eigenvalue weighted by molar-refractivity contribution is 6.31. The van der Waals surface area contributed by atoms with Crippen LogP contribution in [0.25, 0.3) is 0 Å². The molecule has 2 atom stereocenters. The summed E-state index contributed by atoms with van der Waals surface area (Å²) in [6, 6.07) is 0. The summed E-state index contributed by atoms with van der Waals surface area (Å²) in [5.41, 5.74) is 1.12. The molecule has 0 spiro atoms. The van der Waals surface area contributed by atoms with Gasteiger partial charge < -0.3 is 5.11 Å².